The molecule has 32 heavy (non-hydrogen) atoms. The van der Waals surface area contributed by atoms with E-state index in [0.29, 0.717) is 10.6 Å². The second-order valence-electron chi connectivity index (χ2n) is 7.99. The molecule has 0 spiro atoms. The van der Waals surface area contributed by atoms with Crippen LogP contribution in [0.2, 0.25) is 0 Å². The van der Waals surface area contributed by atoms with E-state index in [4.69, 9.17) is 12.2 Å². The van der Waals surface area contributed by atoms with Crippen molar-refractivity contribution in [1.82, 2.24) is 4.90 Å². The second kappa shape index (κ2) is 9.64. The Morgan fingerprint density at radius 3 is 2.34 bits per heavy atom. The van der Waals surface area contributed by atoms with Crippen LogP contribution in [0.3, 0.4) is 0 Å². The maximum atomic E-state index is 13.7. The number of benzene rings is 1. The first-order valence-corrected chi connectivity index (χ1v) is 12.3. The van der Waals surface area contributed by atoms with Crippen molar-refractivity contribution in [1.29, 1.82) is 0 Å². The molecule has 1 unspecified atom stereocenters. The number of alkyl halides is 3. The van der Waals surface area contributed by atoms with Gasteiger partial charge in [-0.05, 0) is 59.5 Å². The number of sulfonamides is 1. The van der Waals surface area contributed by atoms with Crippen LogP contribution < -0.4 is 4.31 Å². The molecular formula is C21H24BrF3N2O3S2. The molecule has 0 N–H and O–H groups in total. The summed E-state index contributed by atoms with van der Waals surface area (Å²) in [7, 11) is -3.24. The molecule has 1 aliphatic carbocycles. The van der Waals surface area contributed by atoms with Crippen LogP contribution in [0.25, 0.3) is 0 Å². The van der Waals surface area contributed by atoms with Gasteiger partial charge in [-0.3, -0.25) is 9.10 Å². The fourth-order valence-corrected chi connectivity index (χ4v) is 6.55. The Morgan fingerprint density at radius 1 is 1.25 bits per heavy atom. The molecule has 1 amide bonds. The summed E-state index contributed by atoms with van der Waals surface area (Å²) >= 11 is 8.39. The van der Waals surface area contributed by atoms with E-state index in [1.807, 2.05) is 26.8 Å². The number of anilines is 1. The average molecular weight is 553 g/mol. The Kier molecular flexibility index (Phi) is 7.99. The fraction of sp³-hybridized carbons (Fsp3) is 0.429. The lowest BCUT2D eigenvalue weighted by atomic mass is 10.1. The number of allylic oxidation sites excluding steroid dienone is 2. The molecule has 1 atom stereocenters. The zero-order valence-electron chi connectivity index (χ0n) is 18.2. The van der Waals surface area contributed by atoms with Crippen molar-refractivity contribution in [3.8, 4) is 0 Å². The monoisotopic (exact) mass is 552 g/mol. The predicted octanol–water partition coefficient (Wildman–Crippen LogP) is 5.03. The summed E-state index contributed by atoms with van der Waals surface area (Å²) in [6, 6.07) is 5.34. The van der Waals surface area contributed by atoms with Gasteiger partial charge in [-0.2, -0.15) is 13.2 Å². The topological polar surface area (TPSA) is 57.7 Å². The van der Waals surface area contributed by atoms with Crippen LogP contribution in [0.4, 0.5) is 18.9 Å². The summed E-state index contributed by atoms with van der Waals surface area (Å²) in [6.07, 6.45) is -2.78. The number of nitrogens with zero attached hydrogens (tertiary/aromatic N) is 2. The molecular weight excluding hydrogens is 529 g/mol. The summed E-state index contributed by atoms with van der Waals surface area (Å²) in [5.74, 6) is -2.16. The number of rotatable bonds is 6. The summed E-state index contributed by atoms with van der Waals surface area (Å²) < 4.78 is 67.7. The number of likely N-dealkylation sites (N-methyl/N-ethyl adjacent to an activating group) is 1. The quantitative estimate of drug-likeness (QED) is 0.464. The van der Waals surface area contributed by atoms with Crippen molar-refractivity contribution in [2.24, 2.45) is 5.92 Å². The number of hydrogen-bond acceptors (Lipinski definition) is 4. The summed E-state index contributed by atoms with van der Waals surface area (Å²) in [5.41, 5.74) is 1.94. The van der Waals surface area contributed by atoms with E-state index in [0.717, 1.165) is 24.3 Å². The fourth-order valence-electron chi connectivity index (χ4n) is 3.28. The smallest absolute Gasteiger partial charge is 0.307 e. The molecule has 176 valence electrons. The number of amides is 1. The maximum Gasteiger partial charge on any atom is 0.471 e. The SMILES string of the molecule is Cc1ccc(N(CC(C)C)S(=O)(=O)C2C=C(N(C)C(=O)C(F)(F)F)C(Br)=CC2=S)c(C)c1. The van der Waals surface area contributed by atoms with Gasteiger partial charge in [-0.1, -0.05) is 43.8 Å². The number of hydrogen-bond donors (Lipinski definition) is 0. The molecule has 2 rings (SSSR count). The van der Waals surface area contributed by atoms with E-state index in [2.05, 4.69) is 15.9 Å². The van der Waals surface area contributed by atoms with Gasteiger partial charge in [-0.25, -0.2) is 8.42 Å². The van der Waals surface area contributed by atoms with Crippen LogP contribution in [0.1, 0.15) is 25.0 Å². The number of halogens is 4. The van der Waals surface area contributed by atoms with Gasteiger partial charge in [0.1, 0.15) is 5.25 Å². The minimum absolute atomic E-state index is 0.00648. The Hall–Kier alpha value is -1.72. The van der Waals surface area contributed by atoms with Crippen LogP contribution in [0.15, 0.2) is 40.5 Å². The lowest BCUT2D eigenvalue weighted by Gasteiger charge is -2.33. The second-order valence-corrected chi connectivity index (χ2v) is 11.3. The van der Waals surface area contributed by atoms with E-state index in [9.17, 15) is 26.4 Å². The van der Waals surface area contributed by atoms with Gasteiger partial charge in [0.25, 0.3) is 0 Å². The van der Waals surface area contributed by atoms with Crippen molar-refractivity contribution in [2.45, 2.75) is 39.1 Å². The van der Waals surface area contributed by atoms with E-state index >= 15 is 0 Å². The number of thiocarbonyl (C=S) groups is 1. The Balaban J connectivity index is 2.60. The number of aryl methyl sites for hydroxylation is 2. The molecule has 0 radical (unpaired) electrons. The van der Waals surface area contributed by atoms with Gasteiger partial charge in [0.2, 0.25) is 10.0 Å². The lowest BCUT2D eigenvalue weighted by molar-refractivity contribution is -0.181. The highest BCUT2D eigenvalue weighted by Crippen LogP contribution is 2.34. The van der Waals surface area contributed by atoms with Gasteiger partial charge < -0.3 is 4.90 Å². The first-order chi connectivity index (χ1) is 14.6. The Labute approximate surface area is 200 Å². The summed E-state index contributed by atoms with van der Waals surface area (Å²) in [4.78, 5) is 12.1. The van der Waals surface area contributed by atoms with Crippen molar-refractivity contribution in [3.63, 3.8) is 0 Å². The molecule has 5 nitrogen and oxygen atoms in total. The molecule has 0 saturated carbocycles. The zero-order valence-corrected chi connectivity index (χ0v) is 21.4. The van der Waals surface area contributed by atoms with Crippen LogP contribution in [-0.2, 0) is 14.8 Å². The van der Waals surface area contributed by atoms with Gasteiger partial charge in [0.15, 0.2) is 0 Å². The predicted molar refractivity (Wildman–Crippen MR) is 127 cm³/mol. The van der Waals surface area contributed by atoms with Crippen molar-refractivity contribution < 1.29 is 26.4 Å². The Bertz CT molecular complexity index is 1100. The van der Waals surface area contributed by atoms with Crippen LogP contribution in [0, 0.1) is 19.8 Å². The first kappa shape index (κ1) is 26.5. The van der Waals surface area contributed by atoms with E-state index in [-0.39, 0.29) is 27.5 Å². The summed E-state index contributed by atoms with van der Waals surface area (Å²) in [5, 5.41) is -1.42. The minimum atomic E-state index is -5.11. The van der Waals surface area contributed by atoms with Crippen LogP contribution in [0.5, 0.6) is 0 Å². The van der Waals surface area contributed by atoms with Crippen molar-refractivity contribution in [3.05, 3.63) is 51.7 Å². The highest BCUT2D eigenvalue weighted by molar-refractivity contribution is 9.12. The molecule has 1 aromatic carbocycles. The van der Waals surface area contributed by atoms with E-state index in [1.165, 1.54) is 10.4 Å². The molecule has 0 aliphatic heterocycles. The third kappa shape index (κ3) is 5.60. The van der Waals surface area contributed by atoms with Crippen LogP contribution >= 0.6 is 28.1 Å². The van der Waals surface area contributed by atoms with Crippen LogP contribution in [-0.4, -0.2) is 49.1 Å². The average Bonchev–Trinajstić information content (AvgIpc) is 2.64. The summed E-state index contributed by atoms with van der Waals surface area (Å²) in [6.45, 7) is 7.55. The minimum Gasteiger partial charge on any atom is -0.307 e. The molecule has 0 heterocycles. The standard InChI is InChI=1S/C21H24BrF3N2O3S2/c1-12(2)11-27(16-7-6-13(3)8-14(16)4)32(29,30)19-10-17(15(22)9-18(19)31)26(5)20(28)21(23,24)25/h6-10,12,19H,11H2,1-5H3. The lowest BCUT2D eigenvalue weighted by Crippen LogP contribution is -2.45. The van der Waals surface area contributed by atoms with Crippen molar-refractivity contribution in [2.75, 3.05) is 17.9 Å². The molecule has 0 bridgehead atoms. The molecule has 1 aliphatic rings. The third-order valence-electron chi connectivity index (χ3n) is 4.79. The Morgan fingerprint density at radius 2 is 1.84 bits per heavy atom. The van der Waals surface area contributed by atoms with Crippen molar-refractivity contribution >= 4 is 54.6 Å². The number of carbonyl (C=O) groups is 1. The van der Waals surface area contributed by atoms with E-state index < -0.39 is 27.4 Å². The zero-order chi connectivity index (χ0) is 24.6. The molecule has 0 saturated heterocycles. The van der Waals surface area contributed by atoms with Gasteiger partial charge in [0, 0.05) is 22.9 Å². The molecule has 0 fully saturated rings. The van der Waals surface area contributed by atoms with E-state index in [1.54, 1.807) is 19.1 Å². The van der Waals surface area contributed by atoms with Gasteiger partial charge in [0.05, 0.1) is 11.4 Å². The first-order valence-electron chi connectivity index (χ1n) is 9.64. The largest absolute Gasteiger partial charge is 0.471 e. The van der Waals surface area contributed by atoms with Gasteiger partial charge in [-0.15, -0.1) is 0 Å². The number of carbonyl (C=O) groups excluding carboxylic acids is 1. The molecule has 11 heteroatoms. The highest BCUT2D eigenvalue weighted by Gasteiger charge is 2.44. The van der Waals surface area contributed by atoms with Gasteiger partial charge >= 0.3 is 12.1 Å². The molecule has 1 aromatic rings. The highest BCUT2D eigenvalue weighted by atomic mass is 79.9. The third-order valence-corrected chi connectivity index (χ3v) is 7.94. The molecule has 0 aromatic heterocycles. The normalized spacial score (nSPS) is 17.2. The maximum absolute atomic E-state index is 13.7.